The van der Waals surface area contributed by atoms with Crippen molar-refractivity contribution in [2.45, 2.75) is 105 Å². The van der Waals surface area contributed by atoms with Gasteiger partial charge in [0.25, 0.3) is 0 Å². The molecule has 0 bridgehead atoms. The van der Waals surface area contributed by atoms with Crippen LogP contribution in [0.5, 0.6) is 0 Å². The van der Waals surface area contributed by atoms with Gasteiger partial charge >= 0.3 is 0 Å². The zero-order chi connectivity index (χ0) is 17.8. The molecule has 138 valence electrons. The first-order valence-electron chi connectivity index (χ1n) is 9.80. The fraction of sp³-hybridized carbons (Fsp3) is 1.00. The van der Waals surface area contributed by atoms with Gasteiger partial charge in [0.15, 0.2) is 0 Å². The molecule has 1 aliphatic rings. The Hall–Kier alpha value is -0.120. The Morgan fingerprint density at radius 3 is 1.65 bits per heavy atom. The van der Waals surface area contributed by atoms with Crippen LogP contribution in [0.1, 0.15) is 75.2 Å². The van der Waals surface area contributed by atoms with Crippen molar-refractivity contribution in [3.63, 3.8) is 0 Å². The van der Waals surface area contributed by atoms with E-state index in [0.29, 0.717) is 29.7 Å². The largest absolute Gasteiger partial charge is 0.298 e. The standard InChI is InChI=1S/C20H43N3/c1-16(2)23(17(3)4)19(6)11-10-18(5)21-12-14-22(15-13-21)20(7,8)9/h16-19H,10-15H2,1-9H3. The molecule has 23 heavy (non-hydrogen) atoms. The molecule has 0 aromatic rings. The van der Waals surface area contributed by atoms with Gasteiger partial charge in [-0.15, -0.1) is 0 Å². The van der Waals surface area contributed by atoms with Crippen LogP contribution in [0.25, 0.3) is 0 Å². The maximum Gasteiger partial charge on any atom is 0.0126 e. The number of rotatable bonds is 7. The average molecular weight is 326 g/mol. The van der Waals surface area contributed by atoms with E-state index >= 15 is 0 Å². The van der Waals surface area contributed by atoms with Gasteiger partial charge in [0.05, 0.1) is 0 Å². The summed E-state index contributed by atoms with van der Waals surface area (Å²) in [5.41, 5.74) is 0.318. The molecule has 1 saturated heterocycles. The van der Waals surface area contributed by atoms with Crippen molar-refractivity contribution in [1.82, 2.24) is 14.7 Å². The lowest BCUT2D eigenvalue weighted by Crippen LogP contribution is -2.55. The van der Waals surface area contributed by atoms with E-state index in [1.165, 1.54) is 39.0 Å². The van der Waals surface area contributed by atoms with Crippen molar-refractivity contribution in [2.75, 3.05) is 26.2 Å². The summed E-state index contributed by atoms with van der Waals surface area (Å²) in [7, 11) is 0. The third-order valence-electron chi connectivity index (χ3n) is 5.59. The Morgan fingerprint density at radius 2 is 1.26 bits per heavy atom. The molecule has 0 aromatic heterocycles. The summed E-state index contributed by atoms with van der Waals surface area (Å²) in [4.78, 5) is 7.98. The van der Waals surface area contributed by atoms with Crippen LogP contribution in [0.3, 0.4) is 0 Å². The molecule has 0 aromatic carbocycles. The second-order valence-electron chi connectivity index (χ2n) is 9.10. The highest BCUT2D eigenvalue weighted by Crippen LogP contribution is 2.20. The number of nitrogens with zero attached hydrogens (tertiary/aromatic N) is 3. The molecule has 1 fully saturated rings. The van der Waals surface area contributed by atoms with Crippen LogP contribution in [0.15, 0.2) is 0 Å². The fourth-order valence-electron chi connectivity index (χ4n) is 4.26. The highest BCUT2D eigenvalue weighted by molar-refractivity contribution is 4.84. The number of hydrogen-bond donors (Lipinski definition) is 0. The van der Waals surface area contributed by atoms with E-state index in [4.69, 9.17) is 0 Å². The molecule has 3 heteroatoms. The maximum atomic E-state index is 2.70. The molecule has 2 atom stereocenters. The number of piperazine rings is 1. The Bertz CT molecular complexity index is 316. The van der Waals surface area contributed by atoms with Crippen molar-refractivity contribution < 1.29 is 0 Å². The Labute approximate surface area is 146 Å². The lowest BCUT2D eigenvalue weighted by Gasteiger charge is -2.44. The van der Waals surface area contributed by atoms with Gasteiger partial charge in [-0.25, -0.2) is 0 Å². The topological polar surface area (TPSA) is 9.72 Å². The third-order valence-corrected chi connectivity index (χ3v) is 5.59. The van der Waals surface area contributed by atoms with Crippen LogP contribution in [-0.4, -0.2) is 70.6 Å². The highest BCUT2D eigenvalue weighted by atomic mass is 15.3. The highest BCUT2D eigenvalue weighted by Gasteiger charge is 2.28. The van der Waals surface area contributed by atoms with Crippen LogP contribution < -0.4 is 0 Å². The maximum absolute atomic E-state index is 2.70. The molecular formula is C20H43N3. The second kappa shape index (κ2) is 8.82. The van der Waals surface area contributed by atoms with Crippen molar-refractivity contribution in [3.05, 3.63) is 0 Å². The van der Waals surface area contributed by atoms with E-state index in [2.05, 4.69) is 77.0 Å². The summed E-state index contributed by atoms with van der Waals surface area (Å²) in [5.74, 6) is 0. The second-order valence-corrected chi connectivity index (χ2v) is 9.10. The minimum Gasteiger partial charge on any atom is -0.298 e. The lowest BCUT2D eigenvalue weighted by molar-refractivity contribution is 0.0398. The van der Waals surface area contributed by atoms with Crippen molar-refractivity contribution in [2.24, 2.45) is 0 Å². The van der Waals surface area contributed by atoms with Crippen LogP contribution in [0, 0.1) is 0 Å². The minimum absolute atomic E-state index is 0.318. The van der Waals surface area contributed by atoms with Gasteiger partial charge in [0.2, 0.25) is 0 Å². The predicted molar refractivity (Wildman–Crippen MR) is 103 cm³/mol. The number of hydrogen-bond acceptors (Lipinski definition) is 3. The van der Waals surface area contributed by atoms with Crippen molar-refractivity contribution >= 4 is 0 Å². The van der Waals surface area contributed by atoms with Crippen LogP contribution in [0.2, 0.25) is 0 Å². The molecular weight excluding hydrogens is 282 g/mol. The fourth-order valence-corrected chi connectivity index (χ4v) is 4.26. The Morgan fingerprint density at radius 1 is 0.783 bits per heavy atom. The van der Waals surface area contributed by atoms with E-state index in [0.717, 1.165) is 0 Å². The van der Waals surface area contributed by atoms with E-state index in [-0.39, 0.29) is 0 Å². The van der Waals surface area contributed by atoms with Gasteiger partial charge in [0.1, 0.15) is 0 Å². The summed E-state index contributed by atoms with van der Waals surface area (Å²) < 4.78 is 0. The minimum atomic E-state index is 0.318. The summed E-state index contributed by atoms with van der Waals surface area (Å²) in [5, 5.41) is 0. The van der Waals surface area contributed by atoms with Crippen LogP contribution in [-0.2, 0) is 0 Å². The zero-order valence-electron chi connectivity index (χ0n) is 17.4. The van der Waals surface area contributed by atoms with Gasteiger partial charge < -0.3 is 0 Å². The molecule has 3 nitrogen and oxygen atoms in total. The normalized spacial score (nSPS) is 21.4. The van der Waals surface area contributed by atoms with Crippen molar-refractivity contribution in [1.29, 1.82) is 0 Å². The molecule has 0 aliphatic carbocycles. The van der Waals surface area contributed by atoms with Crippen molar-refractivity contribution in [3.8, 4) is 0 Å². The van der Waals surface area contributed by atoms with Crippen LogP contribution >= 0.6 is 0 Å². The molecule has 0 spiro atoms. The first-order chi connectivity index (χ1) is 10.5. The van der Waals surface area contributed by atoms with Gasteiger partial charge in [-0.3, -0.25) is 14.7 Å². The average Bonchev–Trinajstić information content (AvgIpc) is 2.43. The monoisotopic (exact) mass is 325 g/mol. The summed E-state index contributed by atoms with van der Waals surface area (Å²) >= 11 is 0. The summed E-state index contributed by atoms with van der Waals surface area (Å²) in [6.45, 7) is 26.0. The molecule has 1 rings (SSSR count). The third kappa shape index (κ3) is 6.36. The Kier molecular flexibility index (Phi) is 8.03. The molecule has 0 saturated carbocycles. The summed E-state index contributed by atoms with van der Waals surface area (Å²) in [6.07, 6.45) is 2.61. The summed E-state index contributed by atoms with van der Waals surface area (Å²) in [6, 6.07) is 2.65. The van der Waals surface area contributed by atoms with Gasteiger partial charge in [0, 0.05) is 55.9 Å². The van der Waals surface area contributed by atoms with Gasteiger partial charge in [-0.2, -0.15) is 0 Å². The van der Waals surface area contributed by atoms with Crippen LogP contribution in [0.4, 0.5) is 0 Å². The molecule has 2 unspecified atom stereocenters. The zero-order valence-corrected chi connectivity index (χ0v) is 17.4. The van der Waals surface area contributed by atoms with E-state index in [9.17, 15) is 0 Å². The van der Waals surface area contributed by atoms with Gasteiger partial charge in [-0.05, 0) is 75.2 Å². The molecule has 0 radical (unpaired) electrons. The predicted octanol–water partition coefficient (Wildman–Crippen LogP) is 4.08. The first kappa shape index (κ1) is 20.9. The van der Waals surface area contributed by atoms with E-state index < -0.39 is 0 Å². The molecule has 0 N–H and O–H groups in total. The Balaban J connectivity index is 2.41. The SMILES string of the molecule is CC(CCC(C)N(C(C)C)C(C)C)N1CCN(C(C)(C)C)CC1. The molecule has 1 heterocycles. The first-order valence-corrected chi connectivity index (χ1v) is 9.80. The molecule has 0 amide bonds. The quantitative estimate of drug-likeness (QED) is 0.698. The lowest BCUT2D eigenvalue weighted by atomic mass is 10.0. The van der Waals surface area contributed by atoms with Gasteiger partial charge in [-0.1, -0.05) is 0 Å². The van der Waals surface area contributed by atoms with E-state index in [1.807, 2.05) is 0 Å². The smallest absolute Gasteiger partial charge is 0.0126 e. The van der Waals surface area contributed by atoms with E-state index in [1.54, 1.807) is 0 Å². The molecule has 1 aliphatic heterocycles.